The number of nitrogens with zero attached hydrogens (tertiary/aromatic N) is 2. The lowest BCUT2D eigenvalue weighted by molar-refractivity contribution is -0.763. The molecule has 4 heteroatoms. The van der Waals surface area contributed by atoms with Crippen LogP contribution < -0.4 is 10.1 Å². The molecular weight excluding hydrogens is 322 g/mol. The second-order valence-electron chi connectivity index (χ2n) is 7.41. The second-order valence-corrected chi connectivity index (χ2v) is 7.41. The Morgan fingerprint density at radius 3 is 2.88 bits per heavy atom. The van der Waals surface area contributed by atoms with Gasteiger partial charge in [0.15, 0.2) is 0 Å². The molecule has 1 N–H and O–H groups in total. The minimum Gasteiger partial charge on any atom is -0.492 e. The molecule has 0 fully saturated rings. The van der Waals surface area contributed by atoms with E-state index in [1.54, 1.807) is 0 Å². The van der Waals surface area contributed by atoms with Gasteiger partial charge in [0.1, 0.15) is 24.8 Å². The van der Waals surface area contributed by atoms with Crippen LogP contribution in [-0.4, -0.2) is 36.9 Å². The van der Waals surface area contributed by atoms with Crippen molar-refractivity contribution in [2.75, 3.05) is 26.7 Å². The van der Waals surface area contributed by atoms with Crippen molar-refractivity contribution in [1.82, 2.24) is 5.32 Å². The number of rotatable bonds is 0. The fraction of sp³-hybridized carbons (Fsp3) is 0.409. The lowest BCUT2D eigenvalue weighted by atomic mass is 10.1. The Morgan fingerprint density at radius 1 is 1.04 bits per heavy atom. The maximum Gasteiger partial charge on any atom is 0.245 e. The fourth-order valence-electron chi connectivity index (χ4n) is 3.73. The highest BCUT2D eigenvalue weighted by Crippen LogP contribution is 2.38. The van der Waals surface area contributed by atoms with E-state index in [1.165, 1.54) is 42.5 Å². The summed E-state index contributed by atoms with van der Waals surface area (Å²) < 4.78 is 6.59. The number of quaternary nitrogens is 1. The summed E-state index contributed by atoms with van der Waals surface area (Å²) in [6.45, 7) is 2.66. The number of aliphatic imine (C=N–C) groups is 1. The van der Waals surface area contributed by atoms with Crippen molar-refractivity contribution in [3.8, 4) is 5.75 Å². The lowest BCUT2D eigenvalue weighted by Crippen LogP contribution is -2.31. The van der Waals surface area contributed by atoms with Crippen molar-refractivity contribution in [3.63, 3.8) is 0 Å². The number of fused-ring (bicyclic) bond motifs is 3. The number of ether oxygens (including phenoxy) is 1. The third-order valence-corrected chi connectivity index (χ3v) is 5.30. The van der Waals surface area contributed by atoms with Crippen LogP contribution in [-0.2, 0) is 0 Å². The lowest BCUT2D eigenvalue weighted by Gasteiger charge is -2.26. The SMILES string of the molecule is C[N+]12C=CC3=NC1=C(C=C2)c1cccc(c1)OCCNCCCCCC3. The highest BCUT2D eigenvalue weighted by atomic mass is 16.5. The zero-order valence-electron chi connectivity index (χ0n) is 15.6. The molecule has 3 aliphatic heterocycles. The molecule has 4 nitrogen and oxygen atoms in total. The Labute approximate surface area is 156 Å². The van der Waals surface area contributed by atoms with Gasteiger partial charge in [0.2, 0.25) is 5.82 Å². The minimum atomic E-state index is 0.647. The van der Waals surface area contributed by atoms with Gasteiger partial charge in [-0.1, -0.05) is 25.0 Å². The fourth-order valence-corrected chi connectivity index (χ4v) is 3.73. The molecule has 1 atom stereocenters. The summed E-state index contributed by atoms with van der Waals surface area (Å²) in [4.78, 5) is 5.05. The number of benzene rings is 1. The van der Waals surface area contributed by atoms with Gasteiger partial charge in [0, 0.05) is 18.7 Å². The third-order valence-electron chi connectivity index (χ3n) is 5.30. The maximum atomic E-state index is 5.94. The molecular formula is C22H28N3O+. The quantitative estimate of drug-likeness (QED) is 0.711. The van der Waals surface area contributed by atoms with Crippen LogP contribution in [0.5, 0.6) is 5.75 Å². The van der Waals surface area contributed by atoms with Crippen LogP contribution >= 0.6 is 0 Å². The first-order chi connectivity index (χ1) is 12.7. The standard InChI is InChI=1S/C22H28N3O/c1-25-14-10-19-8-4-2-3-5-12-23-13-16-26-20-9-6-7-18(17-20)21(11-15-25)22(25)24-19/h6-7,9-11,14-15,17,23H,2-5,8,12-13,16H2,1H3/q+1. The van der Waals surface area contributed by atoms with E-state index in [1.807, 2.05) is 6.07 Å². The minimum absolute atomic E-state index is 0.647. The van der Waals surface area contributed by atoms with Gasteiger partial charge in [-0.2, -0.15) is 4.99 Å². The first kappa shape index (κ1) is 17.3. The zero-order valence-corrected chi connectivity index (χ0v) is 15.6. The van der Waals surface area contributed by atoms with Gasteiger partial charge in [0.05, 0.1) is 18.3 Å². The van der Waals surface area contributed by atoms with Crippen LogP contribution in [0.4, 0.5) is 0 Å². The van der Waals surface area contributed by atoms with E-state index < -0.39 is 0 Å². The van der Waals surface area contributed by atoms with Crippen LogP contribution in [0.15, 0.2) is 59.6 Å². The molecule has 1 unspecified atom stereocenters. The van der Waals surface area contributed by atoms with Crippen molar-refractivity contribution in [3.05, 3.63) is 60.2 Å². The van der Waals surface area contributed by atoms with E-state index in [-0.39, 0.29) is 0 Å². The molecule has 1 aromatic carbocycles. The Hall–Kier alpha value is -2.17. The first-order valence-corrected chi connectivity index (χ1v) is 9.75. The van der Waals surface area contributed by atoms with Crippen LogP contribution in [0, 0.1) is 0 Å². The van der Waals surface area contributed by atoms with Gasteiger partial charge in [-0.05, 0) is 43.5 Å². The summed E-state index contributed by atoms with van der Waals surface area (Å²) >= 11 is 0. The summed E-state index contributed by atoms with van der Waals surface area (Å²) in [5.74, 6) is 2.04. The van der Waals surface area contributed by atoms with Gasteiger partial charge in [0.25, 0.3) is 0 Å². The summed E-state index contributed by atoms with van der Waals surface area (Å²) in [5, 5.41) is 3.47. The van der Waals surface area contributed by atoms with Crippen molar-refractivity contribution in [1.29, 1.82) is 0 Å². The molecule has 1 aromatic rings. The predicted molar refractivity (Wildman–Crippen MR) is 107 cm³/mol. The molecule has 26 heavy (non-hydrogen) atoms. The molecule has 4 rings (SSSR count). The monoisotopic (exact) mass is 350 g/mol. The van der Waals surface area contributed by atoms with Gasteiger partial charge in [-0.25, -0.2) is 4.48 Å². The molecule has 0 spiro atoms. The average molecular weight is 350 g/mol. The van der Waals surface area contributed by atoms with Crippen LogP contribution in [0.2, 0.25) is 0 Å². The maximum absolute atomic E-state index is 5.94. The molecule has 0 saturated carbocycles. The van der Waals surface area contributed by atoms with Crippen LogP contribution in [0.25, 0.3) is 5.57 Å². The first-order valence-electron chi connectivity index (χ1n) is 9.75. The molecule has 3 heterocycles. The van der Waals surface area contributed by atoms with Crippen LogP contribution in [0.3, 0.4) is 0 Å². The smallest absolute Gasteiger partial charge is 0.245 e. The topological polar surface area (TPSA) is 33.6 Å². The van der Waals surface area contributed by atoms with Crippen molar-refractivity contribution >= 4 is 11.3 Å². The molecule has 3 aliphatic rings. The number of nitrogens with one attached hydrogen (secondary N) is 1. The van der Waals surface area contributed by atoms with E-state index in [2.05, 4.69) is 55.1 Å². The Morgan fingerprint density at radius 2 is 1.92 bits per heavy atom. The number of hydrogen-bond donors (Lipinski definition) is 1. The molecule has 0 amide bonds. The summed E-state index contributed by atoms with van der Waals surface area (Å²) in [5.41, 5.74) is 3.57. The van der Waals surface area contributed by atoms with Gasteiger partial charge >= 0.3 is 0 Å². The zero-order chi connectivity index (χ0) is 17.8. The molecule has 136 valence electrons. The van der Waals surface area contributed by atoms with Gasteiger partial charge in [-0.3, -0.25) is 0 Å². The van der Waals surface area contributed by atoms with E-state index in [0.717, 1.165) is 31.1 Å². The van der Waals surface area contributed by atoms with E-state index in [4.69, 9.17) is 9.73 Å². The Kier molecular flexibility index (Phi) is 5.05. The molecule has 0 aromatic heterocycles. The molecule has 0 radical (unpaired) electrons. The summed E-state index contributed by atoms with van der Waals surface area (Å²) in [6, 6.07) is 8.38. The number of hydrogen-bond acceptors (Lipinski definition) is 3. The van der Waals surface area contributed by atoms with Gasteiger partial charge in [-0.15, -0.1) is 0 Å². The highest BCUT2D eigenvalue weighted by molar-refractivity contribution is 5.97. The van der Waals surface area contributed by atoms with Crippen molar-refractivity contribution in [2.45, 2.75) is 32.1 Å². The average Bonchev–Trinajstić information content (AvgIpc) is 3.00. The predicted octanol–water partition coefficient (Wildman–Crippen LogP) is 4.23. The van der Waals surface area contributed by atoms with E-state index >= 15 is 0 Å². The molecule has 4 bridgehead atoms. The van der Waals surface area contributed by atoms with E-state index in [9.17, 15) is 0 Å². The summed E-state index contributed by atoms with van der Waals surface area (Å²) in [7, 11) is 2.18. The third kappa shape index (κ3) is 3.67. The van der Waals surface area contributed by atoms with Gasteiger partial charge < -0.3 is 10.1 Å². The van der Waals surface area contributed by atoms with Crippen molar-refractivity contribution in [2.24, 2.45) is 4.99 Å². The number of allylic oxidation sites excluding steroid dienone is 3. The summed E-state index contributed by atoms with van der Waals surface area (Å²) in [6.07, 6.45) is 14.9. The van der Waals surface area contributed by atoms with Crippen LogP contribution in [0.1, 0.15) is 37.7 Å². The normalized spacial score (nSPS) is 26.3. The second kappa shape index (κ2) is 7.60. The van der Waals surface area contributed by atoms with Crippen molar-refractivity contribution < 1.29 is 9.22 Å². The Bertz CT molecular complexity index is 790. The molecule has 0 saturated heterocycles. The highest BCUT2D eigenvalue weighted by Gasteiger charge is 2.34. The van der Waals surface area contributed by atoms with E-state index in [0.29, 0.717) is 11.1 Å². The largest absolute Gasteiger partial charge is 0.492 e. The Balaban J connectivity index is 1.67. The molecule has 0 aliphatic carbocycles.